The summed E-state index contributed by atoms with van der Waals surface area (Å²) >= 11 is 0. The van der Waals surface area contributed by atoms with Crippen molar-refractivity contribution < 1.29 is 14.4 Å². The van der Waals surface area contributed by atoms with Crippen molar-refractivity contribution in [2.24, 2.45) is 5.73 Å². The van der Waals surface area contributed by atoms with E-state index in [1.54, 1.807) is 13.0 Å². The molecule has 2 N–H and O–H groups in total. The third-order valence-corrected chi connectivity index (χ3v) is 1.54. The first kappa shape index (κ1) is 12.3. The first-order chi connectivity index (χ1) is 6.61. The normalized spacial score (nSPS) is 10.1. The van der Waals surface area contributed by atoms with Crippen molar-refractivity contribution in [3.8, 4) is 0 Å². The molecule has 0 radical (unpaired) electrons. The largest absolute Gasteiger partial charge is 0.370 e. The van der Waals surface area contributed by atoms with Gasteiger partial charge in [0.25, 0.3) is 5.91 Å². The predicted octanol–water partition coefficient (Wildman–Crippen LogP) is -0.187. The number of amides is 3. The van der Waals surface area contributed by atoms with Gasteiger partial charge in [-0.1, -0.05) is 6.08 Å². The maximum atomic E-state index is 11.1. The van der Waals surface area contributed by atoms with Gasteiger partial charge in [-0.2, -0.15) is 0 Å². The molecule has 0 spiro atoms. The van der Waals surface area contributed by atoms with Crippen LogP contribution in [0, 0.1) is 0 Å². The van der Waals surface area contributed by atoms with Gasteiger partial charge in [0.15, 0.2) is 0 Å². The van der Waals surface area contributed by atoms with Crippen LogP contribution in [0.4, 0.5) is 0 Å². The Morgan fingerprint density at radius 1 is 1.43 bits per heavy atom. The van der Waals surface area contributed by atoms with Gasteiger partial charge in [0.05, 0.1) is 0 Å². The maximum absolute atomic E-state index is 11.1. The number of nitrogens with zero attached hydrogens (tertiary/aromatic N) is 1. The van der Waals surface area contributed by atoms with Gasteiger partial charge in [-0.25, -0.2) is 0 Å². The molecule has 0 aliphatic carbocycles. The molecule has 5 heteroatoms. The van der Waals surface area contributed by atoms with Gasteiger partial charge < -0.3 is 5.73 Å². The summed E-state index contributed by atoms with van der Waals surface area (Å²) in [5, 5.41) is 0. The number of carbonyl (C=O) groups is 3. The van der Waals surface area contributed by atoms with Crippen molar-refractivity contribution in [2.45, 2.75) is 19.8 Å². The fourth-order valence-electron chi connectivity index (χ4n) is 0.877. The summed E-state index contributed by atoms with van der Waals surface area (Å²) in [5.74, 6) is -0.818. The van der Waals surface area contributed by atoms with Crippen LogP contribution in [0.25, 0.3) is 0 Å². The molecular weight excluding hydrogens is 184 g/mol. The van der Waals surface area contributed by atoms with Crippen LogP contribution in [0.2, 0.25) is 0 Å². The van der Waals surface area contributed by atoms with E-state index in [9.17, 15) is 14.4 Å². The van der Waals surface area contributed by atoms with Gasteiger partial charge in [-0.3, -0.25) is 19.3 Å². The van der Waals surface area contributed by atoms with E-state index in [-0.39, 0.29) is 18.9 Å². The Morgan fingerprint density at radius 3 is 2.50 bits per heavy atom. The first-order valence-corrected chi connectivity index (χ1v) is 4.28. The smallest absolute Gasteiger partial charge is 0.252 e. The van der Waals surface area contributed by atoms with Crippen molar-refractivity contribution in [3.05, 3.63) is 12.2 Å². The molecule has 0 aliphatic rings. The van der Waals surface area contributed by atoms with Crippen LogP contribution in [0.15, 0.2) is 12.2 Å². The Hall–Kier alpha value is -1.65. The number of carbonyl (C=O) groups excluding carboxylic acids is 3. The summed E-state index contributed by atoms with van der Waals surface area (Å²) in [5.41, 5.74) is 4.91. The molecule has 5 nitrogen and oxygen atoms in total. The molecule has 0 fully saturated rings. The summed E-state index contributed by atoms with van der Waals surface area (Å²) in [4.78, 5) is 33.0. The van der Waals surface area contributed by atoms with Gasteiger partial charge in [-0.05, 0) is 19.4 Å². The summed E-state index contributed by atoms with van der Waals surface area (Å²) < 4.78 is 0. The number of nitrogens with two attached hydrogens (primary N) is 1. The highest BCUT2D eigenvalue weighted by Gasteiger charge is 2.08. The second-order valence-electron chi connectivity index (χ2n) is 2.71. The molecule has 3 amide bonds. The Labute approximate surface area is 82.6 Å². The minimum absolute atomic E-state index is 0.174. The average molecular weight is 198 g/mol. The number of allylic oxidation sites excluding steroid dienone is 1. The summed E-state index contributed by atoms with van der Waals surface area (Å²) in [7, 11) is 0. The highest BCUT2D eigenvalue weighted by atomic mass is 16.2. The zero-order chi connectivity index (χ0) is 11.0. The first-order valence-electron chi connectivity index (χ1n) is 4.28. The monoisotopic (exact) mass is 198 g/mol. The number of hydrogen-bond donors (Lipinski definition) is 1. The Bertz CT molecular complexity index is 248. The Balaban J connectivity index is 3.96. The van der Waals surface area contributed by atoms with Gasteiger partial charge in [0.2, 0.25) is 12.3 Å². The third kappa shape index (κ3) is 5.08. The van der Waals surface area contributed by atoms with Gasteiger partial charge in [-0.15, -0.1) is 0 Å². The fraction of sp³-hybridized carbons (Fsp3) is 0.444. The molecule has 14 heavy (non-hydrogen) atoms. The van der Waals surface area contributed by atoms with Crippen LogP contribution < -0.4 is 5.73 Å². The Morgan fingerprint density at radius 2 is 2.07 bits per heavy atom. The zero-order valence-corrected chi connectivity index (χ0v) is 8.10. The molecule has 0 bridgehead atoms. The molecule has 0 unspecified atom stereocenters. The minimum Gasteiger partial charge on any atom is -0.370 e. The fourth-order valence-corrected chi connectivity index (χ4v) is 0.877. The summed E-state index contributed by atoms with van der Waals surface area (Å²) in [6, 6.07) is 0. The highest BCUT2D eigenvalue weighted by Crippen LogP contribution is 1.94. The molecule has 0 heterocycles. The average Bonchev–Trinajstić information content (AvgIpc) is 2.12. The maximum Gasteiger partial charge on any atom is 0.252 e. The number of imide groups is 1. The van der Waals surface area contributed by atoms with E-state index in [0.29, 0.717) is 12.8 Å². The van der Waals surface area contributed by atoms with Gasteiger partial charge in [0, 0.05) is 13.0 Å². The lowest BCUT2D eigenvalue weighted by Crippen LogP contribution is -2.29. The molecule has 0 aliphatic heterocycles. The molecule has 0 saturated heterocycles. The summed E-state index contributed by atoms with van der Waals surface area (Å²) in [6.07, 6.45) is 3.86. The quantitative estimate of drug-likeness (QED) is 0.474. The Kier molecular flexibility index (Phi) is 6.02. The molecular formula is C9H14N2O3. The second-order valence-corrected chi connectivity index (χ2v) is 2.71. The van der Waals surface area contributed by atoms with Crippen molar-refractivity contribution in [2.75, 3.05) is 6.54 Å². The zero-order valence-electron chi connectivity index (χ0n) is 8.10. The number of primary amides is 1. The van der Waals surface area contributed by atoms with E-state index in [4.69, 9.17) is 5.73 Å². The van der Waals surface area contributed by atoms with Crippen molar-refractivity contribution in [1.29, 1.82) is 0 Å². The SMILES string of the molecule is C/C=C\C(=O)N(C=O)CCCC(N)=O. The standard InChI is InChI=1S/C9H14N2O3/c1-2-4-9(14)11(7-12)6-3-5-8(10)13/h2,4,7H,3,5-6H2,1H3,(H2,10,13)/b4-2-. The molecule has 0 aromatic heterocycles. The van der Waals surface area contributed by atoms with Crippen LogP contribution in [-0.4, -0.2) is 29.7 Å². The van der Waals surface area contributed by atoms with Gasteiger partial charge in [0.1, 0.15) is 0 Å². The van der Waals surface area contributed by atoms with Crippen LogP contribution >= 0.6 is 0 Å². The van der Waals surface area contributed by atoms with Crippen molar-refractivity contribution >= 4 is 18.2 Å². The topological polar surface area (TPSA) is 80.5 Å². The van der Waals surface area contributed by atoms with E-state index in [2.05, 4.69) is 0 Å². The van der Waals surface area contributed by atoms with Crippen LogP contribution in [0.5, 0.6) is 0 Å². The minimum atomic E-state index is -0.436. The van der Waals surface area contributed by atoms with Gasteiger partial charge >= 0.3 is 0 Å². The molecule has 0 atom stereocenters. The number of rotatable bonds is 6. The van der Waals surface area contributed by atoms with Crippen molar-refractivity contribution in [3.63, 3.8) is 0 Å². The van der Waals surface area contributed by atoms with E-state index < -0.39 is 5.91 Å². The van der Waals surface area contributed by atoms with Crippen molar-refractivity contribution in [1.82, 2.24) is 4.90 Å². The lowest BCUT2D eigenvalue weighted by molar-refractivity contribution is -0.134. The molecule has 0 aromatic rings. The molecule has 0 rings (SSSR count). The second kappa shape index (κ2) is 6.82. The molecule has 0 aromatic carbocycles. The third-order valence-electron chi connectivity index (χ3n) is 1.54. The van der Waals surface area contributed by atoms with E-state index in [1.165, 1.54) is 6.08 Å². The lowest BCUT2D eigenvalue weighted by Gasteiger charge is -2.11. The van der Waals surface area contributed by atoms with Crippen LogP contribution in [-0.2, 0) is 14.4 Å². The molecule has 0 saturated carbocycles. The van der Waals surface area contributed by atoms with Crippen LogP contribution in [0.3, 0.4) is 0 Å². The van der Waals surface area contributed by atoms with E-state index in [0.717, 1.165) is 4.90 Å². The highest BCUT2D eigenvalue weighted by molar-refractivity contribution is 5.94. The lowest BCUT2D eigenvalue weighted by atomic mass is 10.3. The predicted molar refractivity (Wildman–Crippen MR) is 51.0 cm³/mol. The van der Waals surface area contributed by atoms with Crippen LogP contribution in [0.1, 0.15) is 19.8 Å². The molecule has 78 valence electrons. The van der Waals surface area contributed by atoms with E-state index in [1.807, 2.05) is 0 Å². The summed E-state index contributed by atoms with van der Waals surface area (Å²) in [6.45, 7) is 1.90. The number of hydrogen-bond acceptors (Lipinski definition) is 3. The van der Waals surface area contributed by atoms with E-state index >= 15 is 0 Å².